The molecule has 4 heteroatoms. The van der Waals surface area contributed by atoms with Gasteiger partial charge in [0, 0.05) is 25.4 Å². The van der Waals surface area contributed by atoms with Gasteiger partial charge in [-0.15, -0.1) is 0 Å². The fourth-order valence-corrected chi connectivity index (χ4v) is 1.83. The molecule has 0 bridgehead atoms. The lowest BCUT2D eigenvalue weighted by Crippen LogP contribution is -2.30. The Morgan fingerprint density at radius 2 is 2.60 bits per heavy atom. The first-order valence-corrected chi connectivity index (χ1v) is 5.65. The van der Waals surface area contributed by atoms with Gasteiger partial charge in [-0.05, 0) is 31.9 Å². The summed E-state index contributed by atoms with van der Waals surface area (Å²) in [5.41, 5.74) is 1.23. The van der Waals surface area contributed by atoms with Gasteiger partial charge < -0.3 is 10.1 Å². The fourth-order valence-electron chi connectivity index (χ4n) is 1.83. The van der Waals surface area contributed by atoms with Crippen molar-refractivity contribution in [2.75, 3.05) is 19.8 Å². The van der Waals surface area contributed by atoms with E-state index in [-0.39, 0.29) is 0 Å². The number of rotatable bonds is 5. The van der Waals surface area contributed by atoms with Crippen LogP contribution in [0, 0.1) is 6.92 Å². The van der Waals surface area contributed by atoms with E-state index in [1.807, 2.05) is 10.9 Å². The Kier molecular flexibility index (Phi) is 3.75. The Balaban J connectivity index is 1.58. The van der Waals surface area contributed by atoms with E-state index in [1.54, 1.807) is 0 Å². The van der Waals surface area contributed by atoms with Crippen molar-refractivity contribution in [2.24, 2.45) is 0 Å². The third-order valence-electron chi connectivity index (χ3n) is 2.69. The van der Waals surface area contributed by atoms with Gasteiger partial charge in [0.1, 0.15) is 0 Å². The largest absolute Gasteiger partial charge is 0.380 e. The number of nitrogens with zero attached hydrogens (tertiary/aromatic N) is 2. The van der Waals surface area contributed by atoms with Crippen LogP contribution in [0.3, 0.4) is 0 Å². The third kappa shape index (κ3) is 3.32. The molecule has 1 unspecified atom stereocenters. The third-order valence-corrected chi connectivity index (χ3v) is 2.69. The molecule has 0 amide bonds. The Morgan fingerprint density at radius 1 is 1.67 bits per heavy atom. The molecule has 0 radical (unpaired) electrons. The van der Waals surface area contributed by atoms with Gasteiger partial charge in [-0.2, -0.15) is 5.10 Å². The van der Waals surface area contributed by atoms with E-state index in [9.17, 15) is 0 Å². The second-order valence-corrected chi connectivity index (χ2v) is 4.15. The quantitative estimate of drug-likeness (QED) is 0.734. The lowest BCUT2D eigenvalue weighted by Gasteiger charge is -2.09. The first-order chi connectivity index (χ1) is 7.34. The van der Waals surface area contributed by atoms with Gasteiger partial charge in [0.05, 0.1) is 12.8 Å². The van der Waals surface area contributed by atoms with Crippen LogP contribution in [0.2, 0.25) is 0 Å². The Labute approximate surface area is 90.6 Å². The van der Waals surface area contributed by atoms with Crippen molar-refractivity contribution < 1.29 is 4.74 Å². The molecule has 84 valence electrons. The summed E-state index contributed by atoms with van der Waals surface area (Å²) in [7, 11) is 0. The molecule has 2 heterocycles. The zero-order valence-corrected chi connectivity index (χ0v) is 9.28. The van der Waals surface area contributed by atoms with E-state index in [0.29, 0.717) is 6.04 Å². The summed E-state index contributed by atoms with van der Waals surface area (Å²) in [4.78, 5) is 0. The summed E-state index contributed by atoms with van der Waals surface area (Å²) in [5.74, 6) is 0. The molecule has 1 aliphatic rings. The molecule has 0 saturated carbocycles. The summed E-state index contributed by atoms with van der Waals surface area (Å²) in [6.07, 6.45) is 6.26. The van der Waals surface area contributed by atoms with Gasteiger partial charge in [0.15, 0.2) is 0 Å². The monoisotopic (exact) mass is 209 g/mol. The predicted octanol–water partition coefficient (Wildman–Crippen LogP) is 0.960. The number of aromatic nitrogens is 2. The minimum atomic E-state index is 0.573. The Hall–Kier alpha value is -0.870. The molecule has 1 saturated heterocycles. The Bertz CT molecular complexity index is 292. The molecular weight excluding hydrogens is 190 g/mol. The highest BCUT2D eigenvalue weighted by atomic mass is 16.5. The van der Waals surface area contributed by atoms with Gasteiger partial charge in [-0.25, -0.2) is 0 Å². The molecule has 4 nitrogen and oxygen atoms in total. The molecular formula is C11H19N3O. The normalized spacial score (nSPS) is 21.0. The van der Waals surface area contributed by atoms with Crippen LogP contribution in [0.15, 0.2) is 12.4 Å². The van der Waals surface area contributed by atoms with Crippen molar-refractivity contribution in [3.63, 3.8) is 0 Å². The average molecular weight is 209 g/mol. The smallest absolute Gasteiger partial charge is 0.0620 e. The highest BCUT2D eigenvalue weighted by molar-refractivity contribution is 4.99. The van der Waals surface area contributed by atoms with Gasteiger partial charge in [-0.3, -0.25) is 4.68 Å². The zero-order valence-electron chi connectivity index (χ0n) is 9.28. The number of hydrogen-bond acceptors (Lipinski definition) is 3. The van der Waals surface area contributed by atoms with Crippen molar-refractivity contribution in [1.82, 2.24) is 15.1 Å². The summed E-state index contributed by atoms with van der Waals surface area (Å²) in [5, 5.41) is 7.74. The van der Waals surface area contributed by atoms with Crippen molar-refractivity contribution >= 4 is 0 Å². The molecule has 0 spiro atoms. The molecule has 1 N–H and O–H groups in total. The first-order valence-electron chi connectivity index (χ1n) is 5.65. The van der Waals surface area contributed by atoms with Crippen molar-refractivity contribution in [1.29, 1.82) is 0 Å². The van der Waals surface area contributed by atoms with Gasteiger partial charge in [-0.1, -0.05) is 0 Å². The maximum Gasteiger partial charge on any atom is 0.0620 e. The number of nitrogens with one attached hydrogen (secondary N) is 1. The standard InChI is InChI=1S/C11H19N3O/c1-10-7-13-14(8-10)5-2-4-12-11-3-6-15-9-11/h7-8,11-12H,2-6,9H2,1H3. The summed E-state index contributed by atoms with van der Waals surface area (Å²) in [6, 6.07) is 0.573. The predicted molar refractivity (Wildman–Crippen MR) is 58.8 cm³/mol. The van der Waals surface area contributed by atoms with Crippen molar-refractivity contribution in [2.45, 2.75) is 32.4 Å². The lowest BCUT2D eigenvalue weighted by atomic mass is 10.2. The lowest BCUT2D eigenvalue weighted by molar-refractivity contribution is 0.190. The van der Waals surface area contributed by atoms with Crippen LogP contribution in [-0.4, -0.2) is 35.6 Å². The zero-order chi connectivity index (χ0) is 10.5. The van der Waals surface area contributed by atoms with E-state index in [0.717, 1.165) is 39.1 Å². The highest BCUT2D eigenvalue weighted by Gasteiger charge is 2.13. The summed E-state index contributed by atoms with van der Waals surface area (Å²) >= 11 is 0. The van der Waals surface area contributed by atoms with Crippen LogP contribution >= 0.6 is 0 Å². The fraction of sp³-hybridized carbons (Fsp3) is 0.727. The van der Waals surface area contributed by atoms with Crippen LogP contribution < -0.4 is 5.32 Å². The second-order valence-electron chi connectivity index (χ2n) is 4.15. The summed E-state index contributed by atoms with van der Waals surface area (Å²) in [6.45, 7) is 5.90. The van der Waals surface area contributed by atoms with Gasteiger partial charge in [0.2, 0.25) is 0 Å². The molecule has 1 atom stereocenters. The van der Waals surface area contributed by atoms with E-state index >= 15 is 0 Å². The minimum Gasteiger partial charge on any atom is -0.380 e. The van der Waals surface area contributed by atoms with Crippen molar-refractivity contribution in [3.05, 3.63) is 18.0 Å². The second kappa shape index (κ2) is 5.28. The minimum absolute atomic E-state index is 0.573. The number of aryl methyl sites for hydroxylation is 2. The topological polar surface area (TPSA) is 39.1 Å². The molecule has 1 fully saturated rings. The first kappa shape index (κ1) is 10.6. The van der Waals surface area contributed by atoms with Crippen LogP contribution in [-0.2, 0) is 11.3 Å². The number of hydrogen-bond donors (Lipinski definition) is 1. The maximum atomic E-state index is 5.30. The van der Waals surface area contributed by atoms with Gasteiger partial charge >= 0.3 is 0 Å². The average Bonchev–Trinajstić information content (AvgIpc) is 2.84. The van der Waals surface area contributed by atoms with Crippen LogP contribution in [0.1, 0.15) is 18.4 Å². The molecule has 1 aliphatic heterocycles. The van der Waals surface area contributed by atoms with Crippen LogP contribution in [0.25, 0.3) is 0 Å². The van der Waals surface area contributed by atoms with Crippen LogP contribution in [0.4, 0.5) is 0 Å². The molecule has 15 heavy (non-hydrogen) atoms. The maximum absolute atomic E-state index is 5.30. The molecule has 0 aliphatic carbocycles. The SMILES string of the molecule is Cc1cnn(CCCNC2CCOC2)c1. The van der Waals surface area contributed by atoms with E-state index in [2.05, 4.69) is 23.5 Å². The van der Waals surface area contributed by atoms with Gasteiger partial charge in [0.25, 0.3) is 0 Å². The summed E-state index contributed by atoms with van der Waals surface area (Å²) < 4.78 is 7.30. The van der Waals surface area contributed by atoms with Crippen molar-refractivity contribution in [3.8, 4) is 0 Å². The Morgan fingerprint density at radius 3 is 3.27 bits per heavy atom. The molecule has 2 rings (SSSR count). The molecule has 1 aromatic heterocycles. The highest BCUT2D eigenvalue weighted by Crippen LogP contribution is 2.03. The van der Waals surface area contributed by atoms with E-state index in [1.165, 1.54) is 5.56 Å². The molecule has 0 aromatic carbocycles. The van der Waals surface area contributed by atoms with Crippen LogP contribution in [0.5, 0.6) is 0 Å². The van der Waals surface area contributed by atoms with E-state index in [4.69, 9.17) is 4.74 Å². The van der Waals surface area contributed by atoms with E-state index < -0.39 is 0 Å². The molecule has 1 aromatic rings. The number of ether oxygens (including phenoxy) is 1.